The Balaban J connectivity index is 2.05. The molecular formula is C13H16N2O3. The number of morpholine rings is 1. The molecule has 0 aromatic carbocycles. The highest BCUT2D eigenvalue weighted by Crippen LogP contribution is 2.10. The summed E-state index contributed by atoms with van der Waals surface area (Å²) in [4.78, 5) is 29.4. The summed E-state index contributed by atoms with van der Waals surface area (Å²) in [5, 5.41) is 0. The number of amides is 1. The van der Waals surface area contributed by atoms with Gasteiger partial charge in [0.2, 0.25) is 0 Å². The maximum absolute atomic E-state index is 12.1. The molecule has 5 heteroatoms. The van der Waals surface area contributed by atoms with E-state index in [0.717, 1.165) is 6.42 Å². The predicted octanol–water partition coefficient (Wildman–Crippen LogP) is 0.902. The molecule has 1 saturated heterocycles. The number of hydrogen-bond donors (Lipinski definition) is 0. The van der Waals surface area contributed by atoms with Gasteiger partial charge in [-0.15, -0.1) is 0 Å². The Morgan fingerprint density at radius 2 is 2.39 bits per heavy atom. The molecule has 18 heavy (non-hydrogen) atoms. The molecule has 0 aliphatic carbocycles. The number of hydrogen-bond acceptors (Lipinski definition) is 4. The fourth-order valence-electron chi connectivity index (χ4n) is 1.91. The summed E-state index contributed by atoms with van der Waals surface area (Å²) >= 11 is 0. The molecule has 1 fully saturated rings. The van der Waals surface area contributed by atoms with Crippen molar-refractivity contribution in [2.75, 3.05) is 19.7 Å². The zero-order valence-corrected chi connectivity index (χ0v) is 10.3. The van der Waals surface area contributed by atoms with Crippen molar-refractivity contribution in [2.45, 2.75) is 19.4 Å². The van der Waals surface area contributed by atoms with Crippen LogP contribution in [0.15, 0.2) is 24.5 Å². The molecule has 5 nitrogen and oxygen atoms in total. The smallest absolute Gasteiger partial charge is 0.295 e. The van der Waals surface area contributed by atoms with Gasteiger partial charge < -0.3 is 9.64 Å². The number of ether oxygens (including phenoxy) is 1. The molecule has 1 aliphatic heterocycles. The first-order valence-corrected chi connectivity index (χ1v) is 6.07. The van der Waals surface area contributed by atoms with E-state index in [2.05, 4.69) is 4.98 Å². The lowest BCUT2D eigenvalue weighted by molar-refractivity contribution is -0.133. The molecule has 1 aliphatic rings. The highest BCUT2D eigenvalue weighted by molar-refractivity contribution is 6.42. The van der Waals surface area contributed by atoms with Crippen LogP contribution in [0.25, 0.3) is 0 Å². The van der Waals surface area contributed by atoms with Crippen LogP contribution in [0.4, 0.5) is 0 Å². The lowest BCUT2D eigenvalue weighted by Gasteiger charge is -2.31. The van der Waals surface area contributed by atoms with Gasteiger partial charge in [-0.25, -0.2) is 0 Å². The summed E-state index contributed by atoms with van der Waals surface area (Å²) in [6.07, 6.45) is 3.86. The third-order valence-electron chi connectivity index (χ3n) is 3.00. The lowest BCUT2D eigenvalue weighted by atomic mass is 10.1. The highest BCUT2D eigenvalue weighted by atomic mass is 16.5. The second-order valence-corrected chi connectivity index (χ2v) is 4.22. The molecule has 0 saturated carbocycles. The Bertz CT molecular complexity index is 433. The SMILES string of the molecule is CC[C@H]1CN(C(=O)C(=O)c2cccnc2)CCO1. The quantitative estimate of drug-likeness (QED) is 0.589. The van der Waals surface area contributed by atoms with Crippen LogP contribution in [0.5, 0.6) is 0 Å². The zero-order chi connectivity index (χ0) is 13.0. The van der Waals surface area contributed by atoms with E-state index in [1.807, 2.05) is 6.92 Å². The summed E-state index contributed by atoms with van der Waals surface area (Å²) in [5.41, 5.74) is 0.335. The summed E-state index contributed by atoms with van der Waals surface area (Å²) in [6.45, 7) is 3.45. The van der Waals surface area contributed by atoms with Crippen molar-refractivity contribution in [3.8, 4) is 0 Å². The van der Waals surface area contributed by atoms with Crippen molar-refractivity contribution in [1.82, 2.24) is 9.88 Å². The molecule has 96 valence electrons. The minimum Gasteiger partial charge on any atom is -0.375 e. The van der Waals surface area contributed by atoms with Crippen LogP contribution in [0.1, 0.15) is 23.7 Å². The normalized spacial score (nSPS) is 19.6. The maximum atomic E-state index is 12.1. The van der Waals surface area contributed by atoms with Crippen molar-refractivity contribution >= 4 is 11.7 Å². The van der Waals surface area contributed by atoms with Gasteiger partial charge in [0, 0.05) is 31.0 Å². The fourth-order valence-corrected chi connectivity index (χ4v) is 1.91. The van der Waals surface area contributed by atoms with E-state index in [0.29, 0.717) is 25.3 Å². The second-order valence-electron chi connectivity index (χ2n) is 4.22. The largest absolute Gasteiger partial charge is 0.375 e. The molecule has 1 amide bonds. The number of carbonyl (C=O) groups is 2. The van der Waals surface area contributed by atoms with Crippen molar-refractivity contribution in [2.24, 2.45) is 0 Å². The highest BCUT2D eigenvalue weighted by Gasteiger charge is 2.28. The van der Waals surface area contributed by atoms with Crippen LogP contribution in [0.3, 0.4) is 0 Å². The maximum Gasteiger partial charge on any atom is 0.295 e. The molecule has 0 spiro atoms. The minimum atomic E-state index is -0.500. The lowest BCUT2D eigenvalue weighted by Crippen LogP contribution is -2.47. The molecule has 2 heterocycles. The molecule has 0 radical (unpaired) electrons. The van der Waals surface area contributed by atoms with Gasteiger partial charge in [-0.05, 0) is 18.6 Å². The molecule has 1 atom stereocenters. The molecule has 1 aromatic heterocycles. The van der Waals surface area contributed by atoms with Gasteiger partial charge in [0.1, 0.15) is 0 Å². The Morgan fingerprint density at radius 3 is 3.06 bits per heavy atom. The van der Waals surface area contributed by atoms with Crippen LogP contribution in [-0.4, -0.2) is 47.4 Å². The number of aromatic nitrogens is 1. The van der Waals surface area contributed by atoms with E-state index >= 15 is 0 Å². The third kappa shape index (κ3) is 2.73. The number of pyridine rings is 1. The number of nitrogens with zero attached hydrogens (tertiary/aromatic N) is 2. The van der Waals surface area contributed by atoms with E-state index < -0.39 is 11.7 Å². The van der Waals surface area contributed by atoms with Gasteiger partial charge in [-0.2, -0.15) is 0 Å². The van der Waals surface area contributed by atoms with E-state index in [9.17, 15) is 9.59 Å². The summed E-state index contributed by atoms with van der Waals surface area (Å²) in [5.74, 6) is -0.968. The second kappa shape index (κ2) is 5.73. The topological polar surface area (TPSA) is 59.5 Å². The molecular weight excluding hydrogens is 232 g/mol. The van der Waals surface area contributed by atoms with Gasteiger partial charge in [0.05, 0.1) is 12.7 Å². The fraction of sp³-hybridized carbons (Fsp3) is 0.462. The standard InChI is InChI=1S/C13H16N2O3/c1-2-11-9-15(6-7-18-11)13(17)12(16)10-4-3-5-14-8-10/h3-5,8,11H,2,6-7,9H2,1H3/t11-/m0/s1. The van der Waals surface area contributed by atoms with E-state index in [-0.39, 0.29) is 6.10 Å². The van der Waals surface area contributed by atoms with Crippen LogP contribution in [0.2, 0.25) is 0 Å². The summed E-state index contributed by atoms with van der Waals surface area (Å²) < 4.78 is 5.48. The van der Waals surface area contributed by atoms with Crippen LogP contribution in [0, 0.1) is 0 Å². The molecule has 0 unspecified atom stereocenters. The Hall–Kier alpha value is -1.75. The minimum absolute atomic E-state index is 0.0319. The van der Waals surface area contributed by atoms with Gasteiger partial charge in [-0.1, -0.05) is 6.92 Å². The van der Waals surface area contributed by atoms with Gasteiger partial charge in [0.15, 0.2) is 0 Å². The van der Waals surface area contributed by atoms with Crippen LogP contribution < -0.4 is 0 Å². The molecule has 0 N–H and O–H groups in total. The Morgan fingerprint density at radius 1 is 1.56 bits per heavy atom. The van der Waals surface area contributed by atoms with E-state index in [4.69, 9.17) is 4.74 Å². The Kier molecular flexibility index (Phi) is 4.04. The molecule has 2 rings (SSSR count). The summed E-state index contributed by atoms with van der Waals surface area (Å²) in [6, 6.07) is 3.25. The first-order chi connectivity index (χ1) is 8.72. The van der Waals surface area contributed by atoms with Gasteiger partial charge >= 0.3 is 0 Å². The third-order valence-corrected chi connectivity index (χ3v) is 3.00. The number of rotatable bonds is 3. The number of ketones is 1. The van der Waals surface area contributed by atoms with Crippen LogP contribution >= 0.6 is 0 Å². The molecule has 0 bridgehead atoms. The van der Waals surface area contributed by atoms with Gasteiger partial charge in [0.25, 0.3) is 11.7 Å². The molecule has 1 aromatic rings. The average Bonchev–Trinajstić information content (AvgIpc) is 2.46. The first kappa shape index (κ1) is 12.7. The van der Waals surface area contributed by atoms with Crippen molar-refractivity contribution in [3.05, 3.63) is 30.1 Å². The van der Waals surface area contributed by atoms with Crippen LogP contribution in [-0.2, 0) is 9.53 Å². The van der Waals surface area contributed by atoms with Crippen molar-refractivity contribution < 1.29 is 14.3 Å². The van der Waals surface area contributed by atoms with Crippen molar-refractivity contribution in [1.29, 1.82) is 0 Å². The number of Topliss-reactive ketones (excluding diaryl/α,β-unsaturated/α-hetero) is 1. The monoisotopic (exact) mass is 248 g/mol. The average molecular weight is 248 g/mol. The number of carbonyl (C=O) groups excluding carboxylic acids is 2. The first-order valence-electron chi connectivity index (χ1n) is 6.07. The van der Waals surface area contributed by atoms with Crippen molar-refractivity contribution in [3.63, 3.8) is 0 Å². The Labute approximate surface area is 106 Å². The van der Waals surface area contributed by atoms with E-state index in [1.165, 1.54) is 6.20 Å². The van der Waals surface area contributed by atoms with Gasteiger partial charge in [-0.3, -0.25) is 14.6 Å². The summed E-state index contributed by atoms with van der Waals surface area (Å²) in [7, 11) is 0. The van der Waals surface area contributed by atoms with E-state index in [1.54, 1.807) is 23.2 Å². The zero-order valence-electron chi connectivity index (χ0n) is 10.3. The predicted molar refractivity (Wildman–Crippen MR) is 65.2 cm³/mol.